The molecule has 1 heterocycles. The van der Waals surface area contributed by atoms with Crippen LogP contribution in [-0.4, -0.2) is 16.6 Å². The number of pyridine rings is 1. The zero-order valence-corrected chi connectivity index (χ0v) is 11.4. The van der Waals surface area contributed by atoms with E-state index >= 15 is 0 Å². The molecule has 0 aliphatic rings. The second-order valence-electron chi connectivity index (χ2n) is 4.04. The second-order valence-corrected chi connectivity index (χ2v) is 5.21. The molecule has 4 heteroatoms. The molecule has 19 heavy (non-hydrogen) atoms. The normalized spacial score (nSPS) is 10.1. The average Bonchev–Trinajstić information content (AvgIpc) is 2.47. The monoisotopic (exact) mass is 272 g/mol. The predicted octanol–water partition coefficient (Wildman–Crippen LogP) is 2.88. The van der Waals surface area contributed by atoms with Crippen LogP contribution in [0.1, 0.15) is 12.0 Å². The van der Waals surface area contributed by atoms with E-state index in [4.69, 9.17) is 0 Å². The van der Waals surface area contributed by atoms with E-state index in [9.17, 15) is 4.79 Å². The van der Waals surface area contributed by atoms with Gasteiger partial charge >= 0.3 is 0 Å². The molecule has 0 unspecified atom stereocenters. The summed E-state index contributed by atoms with van der Waals surface area (Å²) in [5, 5.41) is 2.91. The number of hydrogen-bond acceptors (Lipinski definition) is 3. The van der Waals surface area contributed by atoms with Crippen molar-refractivity contribution >= 4 is 17.7 Å². The van der Waals surface area contributed by atoms with Crippen LogP contribution in [0.15, 0.2) is 59.8 Å². The molecule has 0 saturated heterocycles. The van der Waals surface area contributed by atoms with Crippen LogP contribution < -0.4 is 5.32 Å². The summed E-state index contributed by atoms with van der Waals surface area (Å²) in [6.07, 6.45) is 3.99. The van der Waals surface area contributed by atoms with Gasteiger partial charge in [-0.25, -0.2) is 0 Å². The zero-order chi connectivity index (χ0) is 13.3. The van der Waals surface area contributed by atoms with Gasteiger partial charge in [0, 0.05) is 36.0 Å². The summed E-state index contributed by atoms with van der Waals surface area (Å²) in [4.78, 5) is 16.8. The quantitative estimate of drug-likeness (QED) is 0.822. The number of benzene rings is 1. The van der Waals surface area contributed by atoms with Gasteiger partial charge in [0.05, 0.1) is 0 Å². The molecule has 0 radical (unpaired) electrons. The fourth-order valence-electron chi connectivity index (χ4n) is 1.57. The largest absolute Gasteiger partial charge is 0.352 e. The van der Waals surface area contributed by atoms with E-state index in [1.807, 2.05) is 30.3 Å². The number of hydrogen-bond donors (Lipinski definition) is 1. The Labute approximate surface area is 117 Å². The minimum Gasteiger partial charge on any atom is -0.352 e. The summed E-state index contributed by atoms with van der Waals surface area (Å²) >= 11 is 1.70. The number of carbonyl (C=O) groups excluding carboxylic acids is 1. The van der Waals surface area contributed by atoms with E-state index in [1.165, 1.54) is 4.90 Å². The fraction of sp³-hybridized carbons (Fsp3) is 0.200. The second kappa shape index (κ2) is 7.59. The molecule has 0 bridgehead atoms. The summed E-state index contributed by atoms with van der Waals surface area (Å²) in [5.41, 5.74) is 1.07. The highest BCUT2D eigenvalue weighted by atomic mass is 32.2. The van der Waals surface area contributed by atoms with Crippen molar-refractivity contribution in [2.45, 2.75) is 17.9 Å². The van der Waals surface area contributed by atoms with E-state index < -0.39 is 0 Å². The van der Waals surface area contributed by atoms with Crippen molar-refractivity contribution in [3.8, 4) is 0 Å². The van der Waals surface area contributed by atoms with Crippen LogP contribution >= 0.6 is 11.8 Å². The Balaban J connectivity index is 1.65. The number of amides is 1. The predicted molar refractivity (Wildman–Crippen MR) is 77.9 cm³/mol. The van der Waals surface area contributed by atoms with Crippen molar-refractivity contribution in [3.05, 3.63) is 60.4 Å². The Morgan fingerprint density at radius 2 is 1.84 bits per heavy atom. The SMILES string of the molecule is O=C(CCSc1ccccc1)NCc1ccncc1. The van der Waals surface area contributed by atoms with Crippen LogP contribution in [-0.2, 0) is 11.3 Å². The topological polar surface area (TPSA) is 42.0 Å². The van der Waals surface area contributed by atoms with Gasteiger partial charge in [-0.05, 0) is 29.8 Å². The summed E-state index contributed by atoms with van der Waals surface area (Å²) in [6.45, 7) is 0.567. The van der Waals surface area contributed by atoms with Crippen molar-refractivity contribution in [1.29, 1.82) is 0 Å². The average molecular weight is 272 g/mol. The molecule has 2 aromatic rings. The summed E-state index contributed by atoms with van der Waals surface area (Å²) in [7, 11) is 0. The molecule has 98 valence electrons. The lowest BCUT2D eigenvalue weighted by atomic mass is 10.2. The molecule has 1 N–H and O–H groups in total. The van der Waals surface area contributed by atoms with E-state index in [1.54, 1.807) is 24.2 Å². The van der Waals surface area contributed by atoms with Crippen molar-refractivity contribution in [1.82, 2.24) is 10.3 Å². The molecule has 0 spiro atoms. The number of thioether (sulfide) groups is 1. The molecular weight excluding hydrogens is 256 g/mol. The van der Waals surface area contributed by atoms with Crippen molar-refractivity contribution in [3.63, 3.8) is 0 Å². The highest BCUT2D eigenvalue weighted by Gasteiger charge is 2.01. The molecular formula is C15H16N2OS. The first-order valence-corrected chi connectivity index (χ1v) is 7.16. The summed E-state index contributed by atoms with van der Waals surface area (Å²) in [6, 6.07) is 13.9. The molecule has 0 atom stereocenters. The molecule has 1 aromatic carbocycles. The fourth-order valence-corrected chi connectivity index (χ4v) is 2.44. The van der Waals surface area contributed by atoms with Gasteiger partial charge < -0.3 is 5.32 Å². The lowest BCUT2D eigenvalue weighted by Crippen LogP contribution is -2.22. The molecule has 1 aromatic heterocycles. The maximum atomic E-state index is 11.7. The molecule has 0 saturated carbocycles. The standard InChI is InChI=1S/C15H16N2OS/c18-15(17-12-13-6-9-16-10-7-13)8-11-19-14-4-2-1-3-5-14/h1-7,9-10H,8,11-12H2,(H,17,18). The minimum absolute atomic E-state index is 0.0836. The van der Waals surface area contributed by atoms with Crippen LogP contribution in [0.5, 0.6) is 0 Å². The van der Waals surface area contributed by atoms with Crippen molar-refractivity contribution in [2.24, 2.45) is 0 Å². The Kier molecular flexibility index (Phi) is 5.44. The smallest absolute Gasteiger partial charge is 0.221 e. The highest BCUT2D eigenvalue weighted by molar-refractivity contribution is 7.99. The van der Waals surface area contributed by atoms with Gasteiger partial charge in [0.15, 0.2) is 0 Å². The first-order valence-electron chi connectivity index (χ1n) is 6.18. The number of carbonyl (C=O) groups is 1. The first kappa shape index (κ1) is 13.6. The van der Waals surface area contributed by atoms with Crippen LogP contribution in [0.2, 0.25) is 0 Å². The summed E-state index contributed by atoms with van der Waals surface area (Å²) in [5.74, 6) is 0.881. The number of nitrogens with one attached hydrogen (secondary N) is 1. The zero-order valence-electron chi connectivity index (χ0n) is 10.6. The molecule has 2 rings (SSSR count). The Morgan fingerprint density at radius 3 is 2.58 bits per heavy atom. The minimum atomic E-state index is 0.0836. The molecule has 3 nitrogen and oxygen atoms in total. The van der Waals surface area contributed by atoms with E-state index in [2.05, 4.69) is 22.4 Å². The van der Waals surface area contributed by atoms with Crippen LogP contribution in [0, 0.1) is 0 Å². The number of nitrogens with zero attached hydrogens (tertiary/aromatic N) is 1. The van der Waals surface area contributed by atoms with Gasteiger partial charge in [-0.15, -0.1) is 11.8 Å². The molecule has 0 aliphatic carbocycles. The summed E-state index contributed by atoms with van der Waals surface area (Å²) < 4.78 is 0. The third-order valence-corrected chi connectivity index (χ3v) is 3.59. The maximum Gasteiger partial charge on any atom is 0.221 e. The van der Waals surface area contributed by atoms with Crippen molar-refractivity contribution < 1.29 is 4.79 Å². The Morgan fingerprint density at radius 1 is 1.11 bits per heavy atom. The number of aromatic nitrogens is 1. The van der Waals surface area contributed by atoms with Crippen molar-refractivity contribution in [2.75, 3.05) is 5.75 Å². The molecule has 0 fully saturated rings. The maximum absolute atomic E-state index is 11.7. The van der Waals surface area contributed by atoms with E-state index in [-0.39, 0.29) is 5.91 Å². The van der Waals surface area contributed by atoms with Crippen LogP contribution in [0.25, 0.3) is 0 Å². The Hall–Kier alpha value is -1.81. The van der Waals surface area contributed by atoms with Crippen LogP contribution in [0.3, 0.4) is 0 Å². The Bertz CT molecular complexity index is 502. The lowest BCUT2D eigenvalue weighted by molar-refractivity contribution is -0.120. The third-order valence-electron chi connectivity index (χ3n) is 2.58. The van der Waals surface area contributed by atoms with Crippen LogP contribution in [0.4, 0.5) is 0 Å². The van der Waals surface area contributed by atoms with Gasteiger partial charge in [-0.2, -0.15) is 0 Å². The lowest BCUT2D eigenvalue weighted by Gasteiger charge is -2.05. The van der Waals surface area contributed by atoms with Gasteiger partial charge in [-0.1, -0.05) is 18.2 Å². The highest BCUT2D eigenvalue weighted by Crippen LogP contribution is 2.17. The molecule has 0 aliphatic heterocycles. The van der Waals surface area contributed by atoms with E-state index in [0.29, 0.717) is 13.0 Å². The van der Waals surface area contributed by atoms with Gasteiger partial charge in [0.2, 0.25) is 5.91 Å². The third kappa shape index (κ3) is 5.14. The van der Waals surface area contributed by atoms with Gasteiger partial charge in [0.25, 0.3) is 0 Å². The number of rotatable bonds is 6. The first-order chi connectivity index (χ1) is 9.34. The van der Waals surface area contributed by atoms with Gasteiger partial charge in [-0.3, -0.25) is 9.78 Å². The molecule has 1 amide bonds. The van der Waals surface area contributed by atoms with Gasteiger partial charge in [0.1, 0.15) is 0 Å². The van der Waals surface area contributed by atoms with E-state index in [0.717, 1.165) is 11.3 Å².